The zero-order valence-electron chi connectivity index (χ0n) is 13.7. The van der Waals surface area contributed by atoms with Gasteiger partial charge in [0, 0.05) is 31.3 Å². The minimum Gasteiger partial charge on any atom is -0.334 e. The molecule has 2 aromatic rings. The van der Waals surface area contributed by atoms with Crippen molar-refractivity contribution in [2.75, 3.05) is 11.9 Å². The molecule has 0 atom stereocenters. The topological polar surface area (TPSA) is 49.4 Å². The van der Waals surface area contributed by atoms with Crippen molar-refractivity contribution >= 4 is 28.8 Å². The first kappa shape index (κ1) is 17.2. The smallest absolute Gasteiger partial charge is 0.254 e. The normalized spacial score (nSPS) is 10.6. The zero-order valence-corrected chi connectivity index (χ0v) is 14.5. The number of hydrogen-bond donors (Lipinski definition) is 1. The molecule has 1 N–H and O–H groups in total. The second-order valence-electron chi connectivity index (χ2n) is 5.97. The molecule has 0 aliphatic heterocycles. The maximum atomic E-state index is 12.9. The van der Waals surface area contributed by atoms with Crippen molar-refractivity contribution in [2.24, 2.45) is 5.92 Å². The van der Waals surface area contributed by atoms with Crippen molar-refractivity contribution in [2.45, 2.75) is 27.3 Å². The van der Waals surface area contributed by atoms with Gasteiger partial charge in [0.2, 0.25) is 5.91 Å². The Labute approximate surface area is 141 Å². The molecule has 0 aliphatic rings. The number of nitrogens with one attached hydrogen (secondary N) is 1. The number of amides is 2. The molecule has 23 heavy (non-hydrogen) atoms. The summed E-state index contributed by atoms with van der Waals surface area (Å²) >= 11 is 1.63. The predicted octanol–water partition coefficient (Wildman–Crippen LogP) is 4.00. The molecule has 0 spiro atoms. The van der Waals surface area contributed by atoms with E-state index in [-0.39, 0.29) is 11.8 Å². The molecule has 0 radical (unpaired) electrons. The lowest BCUT2D eigenvalue weighted by atomic mass is 10.1. The van der Waals surface area contributed by atoms with E-state index < -0.39 is 0 Å². The van der Waals surface area contributed by atoms with Crippen molar-refractivity contribution in [3.8, 4) is 0 Å². The lowest BCUT2D eigenvalue weighted by Crippen LogP contribution is -2.33. The molecular formula is C18H22N2O2S. The standard InChI is InChI=1S/C18H22N2O2S/c1-13(2)10-20(11-15-7-8-23-12-15)18(22)16-5-4-6-17(9-16)19-14(3)21/h4-9,12-13H,10-11H2,1-3H3,(H,19,21). The first-order chi connectivity index (χ1) is 11.0. The van der Waals surface area contributed by atoms with Gasteiger partial charge in [0.15, 0.2) is 0 Å². The summed E-state index contributed by atoms with van der Waals surface area (Å²) in [5.74, 6) is 0.222. The lowest BCUT2D eigenvalue weighted by Gasteiger charge is -2.24. The second kappa shape index (κ2) is 7.92. The van der Waals surface area contributed by atoms with Crippen molar-refractivity contribution in [3.63, 3.8) is 0 Å². The summed E-state index contributed by atoms with van der Waals surface area (Å²) in [4.78, 5) is 25.9. The summed E-state index contributed by atoms with van der Waals surface area (Å²) in [5.41, 5.74) is 2.37. The number of carbonyl (C=O) groups excluding carboxylic acids is 2. The highest BCUT2D eigenvalue weighted by Crippen LogP contribution is 2.17. The molecule has 2 amide bonds. The third-order valence-electron chi connectivity index (χ3n) is 3.26. The fourth-order valence-corrected chi connectivity index (χ4v) is 3.04. The Hall–Kier alpha value is -2.14. The van der Waals surface area contributed by atoms with Crippen LogP contribution in [0.5, 0.6) is 0 Å². The highest BCUT2D eigenvalue weighted by molar-refractivity contribution is 7.07. The van der Waals surface area contributed by atoms with E-state index in [0.717, 1.165) is 5.56 Å². The summed E-state index contributed by atoms with van der Waals surface area (Å²) < 4.78 is 0. The van der Waals surface area contributed by atoms with Crippen LogP contribution in [-0.2, 0) is 11.3 Å². The zero-order chi connectivity index (χ0) is 16.8. The van der Waals surface area contributed by atoms with Crippen LogP contribution in [-0.4, -0.2) is 23.3 Å². The number of carbonyl (C=O) groups is 2. The Morgan fingerprint density at radius 2 is 2.04 bits per heavy atom. The molecule has 2 rings (SSSR count). The molecule has 0 fully saturated rings. The van der Waals surface area contributed by atoms with Crippen LogP contribution in [0.15, 0.2) is 41.1 Å². The Balaban J connectivity index is 2.20. The highest BCUT2D eigenvalue weighted by atomic mass is 32.1. The summed E-state index contributed by atoms with van der Waals surface area (Å²) in [7, 11) is 0. The average Bonchev–Trinajstić information content (AvgIpc) is 2.98. The summed E-state index contributed by atoms with van der Waals surface area (Å²) in [6.07, 6.45) is 0. The number of benzene rings is 1. The van der Waals surface area contributed by atoms with E-state index in [9.17, 15) is 9.59 Å². The summed E-state index contributed by atoms with van der Waals surface area (Å²) in [6.45, 7) is 6.95. The Morgan fingerprint density at radius 3 is 2.65 bits per heavy atom. The van der Waals surface area contributed by atoms with Gasteiger partial charge in [-0.15, -0.1) is 0 Å². The van der Waals surface area contributed by atoms with Gasteiger partial charge >= 0.3 is 0 Å². The fourth-order valence-electron chi connectivity index (χ4n) is 2.38. The van der Waals surface area contributed by atoms with E-state index in [4.69, 9.17) is 0 Å². The molecule has 1 aromatic heterocycles. The monoisotopic (exact) mass is 330 g/mol. The van der Waals surface area contributed by atoms with Crippen LogP contribution < -0.4 is 5.32 Å². The van der Waals surface area contributed by atoms with E-state index in [1.165, 1.54) is 6.92 Å². The van der Waals surface area contributed by atoms with Crippen molar-refractivity contribution < 1.29 is 9.59 Å². The van der Waals surface area contributed by atoms with Crippen LogP contribution in [0.4, 0.5) is 5.69 Å². The molecule has 1 aromatic carbocycles. The van der Waals surface area contributed by atoms with Gasteiger partial charge in [0.1, 0.15) is 0 Å². The van der Waals surface area contributed by atoms with Gasteiger partial charge in [0.05, 0.1) is 0 Å². The first-order valence-electron chi connectivity index (χ1n) is 7.63. The summed E-state index contributed by atoms with van der Waals surface area (Å²) in [5, 5.41) is 6.80. The van der Waals surface area contributed by atoms with Gasteiger partial charge in [-0.05, 0) is 46.5 Å². The maximum absolute atomic E-state index is 12.9. The average molecular weight is 330 g/mol. The van der Waals surface area contributed by atoms with Crippen molar-refractivity contribution in [1.29, 1.82) is 0 Å². The largest absolute Gasteiger partial charge is 0.334 e. The fraction of sp³-hybridized carbons (Fsp3) is 0.333. The molecule has 0 bridgehead atoms. The lowest BCUT2D eigenvalue weighted by molar-refractivity contribution is -0.114. The molecule has 1 heterocycles. The third kappa shape index (κ3) is 5.21. The van der Waals surface area contributed by atoms with Gasteiger partial charge in [-0.1, -0.05) is 19.9 Å². The Morgan fingerprint density at radius 1 is 1.26 bits per heavy atom. The third-order valence-corrected chi connectivity index (χ3v) is 3.99. The van der Waals surface area contributed by atoms with E-state index in [1.807, 2.05) is 16.3 Å². The van der Waals surface area contributed by atoms with Crippen LogP contribution in [0.1, 0.15) is 36.7 Å². The van der Waals surface area contributed by atoms with Crippen molar-refractivity contribution in [1.82, 2.24) is 4.90 Å². The van der Waals surface area contributed by atoms with Crippen LogP contribution in [0.3, 0.4) is 0 Å². The molecule has 4 nitrogen and oxygen atoms in total. The minimum absolute atomic E-state index is 0.0166. The molecule has 122 valence electrons. The number of anilines is 1. The van der Waals surface area contributed by atoms with Gasteiger partial charge in [-0.2, -0.15) is 11.3 Å². The predicted molar refractivity (Wildman–Crippen MR) is 94.6 cm³/mol. The number of nitrogens with zero attached hydrogens (tertiary/aromatic N) is 1. The SMILES string of the molecule is CC(=O)Nc1cccc(C(=O)N(Cc2ccsc2)CC(C)C)c1. The highest BCUT2D eigenvalue weighted by Gasteiger charge is 2.18. The van der Waals surface area contributed by atoms with Crippen LogP contribution in [0.25, 0.3) is 0 Å². The van der Waals surface area contributed by atoms with Crippen LogP contribution >= 0.6 is 11.3 Å². The second-order valence-corrected chi connectivity index (χ2v) is 6.75. The molecule has 0 saturated heterocycles. The van der Waals surface area contributed by atoms with Gasteiger partial charge in [-0.3, -0.25) is 9.59 Å². The molecule has 0 saturated carbocycles. The van der Waals surface area contributed by atoms with E-state index in [1.54, 1.807) is 35.6 Å². The quantitative estimate of drug-likeness (QED) is 0.870. The number of rotatable bonds is 6. The molecular weight excluding hydrogens is 308 g/mol. The van der Waals surface area contributed by atoms with E-state index in [0.29, 0.717) is 30.3 Å². The van der Waals surface area contributed by atoms with Gasteiger partial charge < -0.3 is 10.2 Å². The summed E-state index contributed by atoms with van der Waals surface area (Å²) in [6, 6.07) is 9.12. The first-order valence-corrected chi connectivity index (χ1v) is 8.58. The van der Waals surface area contributed by atoms with Crippen LogP contribution in [0.2, 0.25) is 0 Å². The molecule has 0 unspecified atom stereocenters. The maximum Gasteiger partial charge on any atom is 0.254 e. The minimum atomic E-state index is -0.146. The van der Waals surface area contributed by atoms with Crippen molar-refractivity contribution in [3.05, 3.63) is 52.2 Å². The van der Waals surface area contributed by atoms with E-state index in [2.05, 4.69) is 24.5 Å². The number of thiophene rings is 1. The Bertz CT molecular complexity index is 665. The van der Waals surface area contributed by atoms with Crippen LogP contribution in [0, 0.1) is 5.92 Å². The van der Waals surface area contributed by atoms with Gasteiger partial charge in [0.25, 0.3) is 5.91 Å². The molecule has 0 aliphatic carbocycles. The molecule has 5 heteroatoms. The Kier molecular flexibility index (Phi) is 5.93. The number of hydrogen-bond acceptors (Lipinski definition) is 3. The van der Waals surface area contributed by atoms with Gasteiger partial charge in [-0.25, -0.2) is 0 Å². The van der Waals surface area contributed by atoms with E-state index >= 15 is 0 Å².